The van der Waals surface area contributed by atoms with Gasteiger partial charge in [0, 0.05) is 12.8 Å². The molecule has 0 aromatic carbocycles. The second-order valence-electron chi connectivity index (χ2n) is 6.43. The first-order chi connectivity index (χ1) is 13.0. The van der Waals surface area contributed by atoms with Crippen LogP contribution in [0.4, 0.5) is 0 Å². The number of aldehydes is 1. The van der Waals surface area contributed by atoms with Crippen molar-refractivity contribution >= 4 is 6.29 Å². The SMILES string of the molecule is CCCCCCCC/C(=C\C/C=C(\C/C=C\CCCC=O)[N+](=O)[O-])[N+](=O)[O-]. The number of allylic oxidation sites excluding steroid dienone is 5. The highest BCUT2D eigenvalue weighted by Crippen LogP contribution is 2.14. The minimum absolute atomic E-state index is 0.0279. The molecule has 0 heterocycles. The molecule has 0 radical (unpaired) electrons. The third-order valence-electron chi connectivity index (χ3n) is 4.15. The average Bonchev–Trinajstić information content (AvgIpc) is 2.63. The number of unbranched alkanes of at least 4 members (excludes halogenated alkanes) is 7. The van der Waals surface area contributed by atoms with E-state index in [0.717, 1.165) is 38.4 Å². The fourth-order valence-corrected chi connectivity index (χ4v) is 2.56. The van der Waals surface area contributed by atoms with E-state index in [2.05, 4.69) is 6.92 Å². The molecule has 0 rings (SSSR count). The van der Waals surface area contributed by atoms with Crippen molar-refractivity contribution in [1.82, 2.24) is 0 Å². The molecule has 152 valence electrons. The van der Waals surface area contributed by atoms with Gasteiger partial charge in [0.15, 0.2) is 0 Å². The summed E-state index contributed by atoms with van der Waals surface area (Å²) in [7, 11) is 0. The highest BCUT2D eigenvalue weighted by Gasteiger charge is 2.11. The molecule has 0 aliphatic rings. The third-order valence-corrected chi connectivity index (χ3v) is 4.15. The smallest absolute Gasteiger partial charge is 0.246 e. The van der Waals surface area contributed by atoms with Crippen LogP contribution in [0.1, 0.15) is 84.0 Å². The fraction of sp³-hybridized carbons (Fsp3) is 0.650. The molecule has 0 atom stereocenters. The Morgan fingerprint density at radius 2 is 1.44 bits per heavy atom. The van der Waals surface area contributed by atoms with Gasteiger partial charge in [-0.1, -0.05) is 51.2 Å². The van der Waals surface area contributed by atoms with Crippen molar-refractivity contribution in [2.75, 3.05) is 0 Å². The van der Waals surface area contributed by atoms with Gasteiger partial charge in [-0.15, -0.1) is 0 Å². The Bertz CT molecular complexity index is 538. The molecule has 0 fully saturated rings. The lowest BCUT2D eigenvalue weighted by molar-refractivity contribution is -0.428. The van der Waals surface area contributed by atoms with Gasteiger partial charge in [0.05, 0.1) is 16.3 Å². The van der Waals surface area contributed by atoms with Crippen LogP contribution in [0.3, 0.4) is 0 Å². The zero-order valence-corrected chi connectivity index (χ0v) is 16.3. The molecule has 0 aliphatic carbocycles. The summed E-state index contributed by atoms with van der Waals surface area (Å²) in [4.78, 5) is 31.6. The summed E-state index contributed by atoms with van der Waals surface area (Å²) in [5.74, 6) is 0. The molecule has 7 heteroatoms. The Hall–Kier alpha value is -2.31. The van der Waals surface area contributed by atoms with Gasteiger partial charge >= 0.3 is 0 Å². The van der Waals surface area contributed by atoms with Crippen LogP contribution in [-0.2, 0) is 4.79 Å². The van der Waals surface area contributed by atoms with E-state index in [1.807, 2.05) is 6.08 Å². The van der Waals surface area contributed by atoms with Crippen LogP contribution < -0.4 is 0 Å². The van der Waals surface area contributed by atoms with Gasteiger partial charge in [-0.05, 0) is 37.8 Å². The molecule has 0 amide bonds. The molecule has 7 nitrogen and oxygen atoms in total. The number of hydrogen-bond acceptors (Lipinski definition) is 5. The summed E-state index contributed by atoms with van der Waals surface area (Å²) in [5.41, 5.74) is 0.161. The zero-order valence-electron chi connectivity index (χ0n) is 16.3. The Morgan fingerprint density at radius 1 is 0.815 bits per heavy atom. The summed E-state index contributed by atoms with van der Waals surface area (Å²) in [6.45, 7) is 2.14. The highest BCUT2D eigenvalue weighted by atomic mass is 16.6. The van der Waals surface area contributed by atoms with Crippen molar-refractivity contribution in [3.05, 3.63) is 55.9 Å². The van der Waals surface area contributed by atoms with E-state index in [1.54, 1.807) is 6.08 Å². The van der Waals surface area contributed by atoms with Gasteiger partial charge in [-0.2, -0.15) is 0 Å². The summed E-state index contributed by atoms with van der Waals surface area (Å²) in [6.07, 6.45) is 16.3. The number of hydrogen-bond donors (Lipinski definition) is 0. The van der Waals surface area contributed by atoms with Crippen molar-refractivity contribution < 1.29 is 14.6 Å². The normalized spacial score (nSPS) is 12.5. The van der Waals surface area contributed by atoms with E-state index < -0.39 is 9.85 Å². The number of nitro groups is 2. The van der Waals surface area contributed by atoms with E-state index in [0.29, 0.717) is 19.3 Å². The minimum atomic E-state index is -0.455. The van der Waals surface area contributed by atoms with E-state index in [9.17, 15) is 25.0 Å². The van der Waals surface area contributed by atoms with Gasteiger partial charge in [0.25, 0.3) is 0 Å². The Labute approximate surface area is 161 Å². The maximum Gasteiger partial charge on any atom is 0.246 e. The molecule has 0 bridgehead atoms. The van der Waals surface area contributed by atoms with Crippen LogP contribution in [0.25, 0.3) is 0 Å². The monoisotopic (exact) mass is 380 g/mol. The lowest BCUT2D eigenvalue weighted by Gasteiger charge is -2.00. The van der Waals surface area contributed by atoms with Gasteiger partial charge < -0.3 is 4.79 Å². The van der Waals surface area contributed by atoms with Gasteiger partial charge in [0.1, 0.15) is 6.29 Å². The molecule has 0 aromatic rings. The molecule has 0 N–H and O–H groups in total. The Balaban J connectivity index is 4.48. The van der Waals surface area contributed by atoms with Crippen LogP contribution in [0.2, 0.25) is 0 Å². The number of nitrogens with zero attached hydrogens (tertiary/aromatic N) is 2. The molecule has 27 heavy (non-hydrogen) atoms. The van der Waals surface area contributed by atoms with Crippen LogP contribution in [0.15, 0.2) is 35.7 Å². The molecule has 0 saturated heterocycles. The van der Waals surface area contributed by atoms with Crippen molar-refractivity contribution in [3.8, 4) is 0 Å². The summed E-state index contributed by atoms with van der Waals surface area (Å²) >= 11 is 0. The number of carbonyl (C=O) groups excluding carboxylic acids is 1. The van der Waals surface area contributed by atoms with Gasteiger partial charge in [0.2, 0.25) is 11.4 Å². The minimum Gasteiger partial charge on any atom is -0.303 e. The summed E-state index contributed by atoms with van der Waals surface area (Å²) < 4.78 is 0. The van der Waals surface area contributed by atoms with E-state index in [-0.39, 0.29) is 24.2 Å². The topological polar surface area (TPSA) is 103 Å². The standard InChI is InChI=1S/C20H32N2O5/c1-2-3-4-5-7-10-14-19(21(24)25)16-13-17-20(22(26)27)15-11-8-6-9-12-18-23/h8,11,16-18H,2-7,9-10,12-15H2,1H3/b11-8-,19-16+,20-17+. The first-order valence-electron chi connectivity index (χ1n) is 9.78. The van der Waals surface area contributed by atoms with Crippen LogP contribution in [0.5, 0.6) is 0 Å². The van der Waals surface area contributed by atoms with Crippen LogP contribution >= 0.6 is 0 Å². The molecule has 0 unspecified atom stereocenters. The van der Waals surface area contributed by atoms with Crippen LogP contribution in [0, 0.1) is 20.2 Å². The largest absolute Gasteiger partial charge is 0.303 e. The summed E-state index contributed by atoms with van der Waals surface area (Å²) in [6, 6.07) is 0. The molecule has 0 spiro atoms. The van der Waals surface area contributed by atoms with Gasteiger partial charge in [-0.25, -0.2) is 0 Å². The lowest BCUT2D eigenvalue weighted by Crippen LogP contribution is -2.00. The zero-order chi connectivity index (χ0) is 20.3. The van der Waals surface area contributed by atoms with E-state index in [1.165, 1.54) is 25.0 Å². The van der Waals surface area contributed by atoms with E-state index >= 15 is 0 Å². The quantitative estimate of drug-likeness (QED) is 0.105. The van der Waals surface area contributed by atoms with Crippen molar-refractivity contribution in [1.29, 1.82) is 0 Å². The predicted molar refractivity (Wildman–Crippen MR) is 106 cm³/mol. The number of carbonyl (C=O) groups is 1. The number of rotatable bonds is 17. The predicted octanol–water partition coefficient (Wildman–Crippen LogP) is 5.76. The maximum absolute atomic E-state index is 11.1. The van der Waals surface area contributed by atoms with Crippen molar-refractivity contribution in [3.63, 3.8) is 0 Å². The van der Waals surface area contributed by atoms with Crippen molar-refractivity contribution in [2.24, 2.45) is 0 Å². The first-order valence-corrected chi connectivity index (χ1v) is 9.78. The molecule has 0 aliphatic heterocycles. The molecular weight excluding hydrogens is 348 g/mol. The molecule has 0 aromatic heterocycles. The van der Waals surface area contributed by atoms with E-state index in [4.69, 9.17) is 0 Å². The lowest BCUT2D eigenvalue weighted by atomic mass is 10.1. The summed E-state index contributed by atoms with van der Waals surface area (Å²) in [5, 5.41) is 22.2. The second-order valence-corrected chi connectivity index (χ2v) is 6.43. The highest BCUT2D eigenvalue weighted by molar-refractivity contribution is 5.49. The fourth-order valence-electron chi connectivity index (χ4n) is 2.56. The second kappa shape index (κ2) is 17.1. The first kappa shape index (κ1) is 24.7. The van der Waals surface area contributed by atoms with Crippen LogP contribution in [-0.4, -0.2) is 16.1 Å². The Morgan fingerprint density at radius 3 is 2.07 bits per heavy atom. The average molecular weight is 380 g/mol. The van der Waals surface area contributed by atoms with Crippen molar-refractivity contribution in [2.45, 2.75) is 84.0 Å². The molecule has 0 saturated carbocycles. The molecular formula is C20H32N2O5. The Kier molecular flexibility index (Phi) is 15.7. The van der Waals surface area contributed by atoms with Gasteiger partial charge in [-0.3, -0.25) is 20.2 Å². The maximum atomic E-state index is 11.1. The third kappa shape index (κ3) is 14.5.